The summed E-state index contributed by atoms with van der Waals surface area (Å²) in [6, 6.07) is 13.0. The van der Waals surface area contributed by atoms with Crippen LogP contribution in [0, 0.1) is 0 Å². The molecule has 0 bridgehead atoms. The van der Waals surface area contributed by atoms with Crippen molar-refractivity contribution in [3.63, 3.8) is 0 Å². The molecule has 1 aliphatic rings. The van der Waals surface area contributed by atoms with Gasteiger partial charge in [0, 0.05) is 5.56 Å². The van der Waals surface area contributed by atoms with Crippen LogP contribution in [0.3, 0.4) is 0 Å². The average Bonchev–Trinajstić information content (AvgIpc) is 3.01. The largest absolute Gasteiger partial charge is 0.488 e. The predicted molar refractivity (Wildman–Crippen MR) is 91.7 cm³/mol. The number of carboxylic acid groups (broad SMARTS) is 1. The van der Waals surface area contributed by atoms with Crippen LogP contribution >= 0.6 is 0 Å². The van der Waals surface area contributed by atoms with E-state index < -0.39 is 16.0 Å². The summed E-state index contributed by atoms with van der Waals surface area (Å²) in [6.45, 7) is 0.0866. The molecule has 1 aliphatic heterocycles. The molecule has 0 fully saturated rings. The van der Waals surface area contributed by atoms with E-state index in [4.69, 9.17) is 9.88 Å². The van der Waals surface area contributed by atoms with E-state index in [-0.39, 0.29) is 17.2 Å². The smallest absolute Gasteiger partial charge is 0.356 e. The normalized spacial score (nSPS) is 12.8. The van der Waals surface area contributed by atoms with Gasteiger partial charge in [0.15, 0.2) is 5.69 Å². The lowest BCUT2D eigenvalue weighted by Crippen LogP contribution is -2.12. The minimum absolute atomic E-state index is 0.0375. The molecule has 9 heteroatoms. The molecule has 0 spiro atoms. The highest BCUT2D eigenvalue weighted by molar-refractivity contribution is 7.89. The number of carboxylic acids is 1. The van der Waals surface area contributed by atoms with Crippen LogP contribution in [-0.4, -0.2) is 29.3 Å². The van der Waals surface area contributed by atoms with Gasteiger partial charge in [0.05, 0.1) is 21.8 Å². The van der Waals surface area contributed by atoms with E-state index in [0.717, 1.165) is 0 Å². The number of rotatable bonds is 3. The maximum absolute atomic E-state index is 11.6. The fraction of sp³-hybridized carbons (Fsp3) is 0.0588. The fourth-order valence-corrected chi connectivity index (χ4v) is 3.45. The summed E-state index contributed by atoms with van der Waals surface area (Å²) in [4.78, 5) is 11.6. The minimum atomic E-state index is -3.82. The Morgan fingerprint density at radius 1 is 1.15 bits per heavy atom. The van der Waals surface area contributed by atoms with Crippen LogP contribution in [0.1, 0.15) is 16.1 Å². The van der Waals surface area contributed by atoms with E-state index in [1.165, 1.54) is 28.9 Å². The molecule has 1 aromatic heterocycles. The number of primary sulfonamides is 1. The molecule has 0 unspecified atom stereocenters. The maximum atomic E-state index is 11.6. The van der Waals surface area contributed by atoms with Gasteiger partial charge in [0.25, 0.3) is 0 Å². The second-order valence-corrected chi connectivity index (χ2v) is 7.28. The van der Waals surface area contributed by atoms with Crippen molar-refractivity contribution >= 4 is 16.0 Å². The molecule has 4 rings (SSSR count). The molecule has 8 nitrogen and oxygen atoms in total. The van der Waals surface area contributed by atoms with Gasteiger partial charge >= 0.3 is 5.97 Å². The Labute approximate surface area is 148 Å². The van der Waals surface area contributed by atoms with Gasteiger partial charge in [-0.15, -0.1) is 0 Å². The number of nitrogens with zero attached hydrogens (tertiary/aromatic N) is 2. The van der Waals surface area contributed by atoms with E-state index >= 15 is 0 Å². The van der Waals surface area contributed by atoms with Gasteiger partial charge in [-0.1, -0.05) is 12.1 Å². The number of sulfonamides is 1. The average molecular weight is 371 g/mol. The molecule has 2 aromatic carbocycles. The number of benzene rings is 2. The molecule has 3 N–H and O–H groups in total. The van der Waals surface area contributed by atoms with Crippen molar-refractivity contribution in [3.8, 4) is 22.7 Å². The summed E-state index contributed by atoms with van der Waals surface area (Å²) in [6.07, 6.45) is 0. The molecule has 26 heavy (non-hydrogen) atoms. The van der Waals surface area contributed by atoms with E-state index in [1.807, 2.05) is 18.2 Å². The first-order valence-electron chi connectivity index (χ1n) is 7.57. The Hall–Kier alpha value is -3.17. The molecule has 2 heterocycles. The summed E-state index contributed by atoms with van der Waals surface area (Å²) < 4.78 is 30.0. The highest BCUT2D eigenvalue weighted by Gasteiger charge is 2.29. The van der Waals surface area contributed by atoms with E-state index in [0.29, 0.717) is 28.3 Å². The molecule has 0 saturated carbocycles. The molecular formula is C17H13N3O5S. The van der Waals surface area contributed by atoms with Gasteiger partial charge in [-0.2, -0.15) is 5.10 Å². The minimum Gasteiger partial charge on any atom is -0.488 e. The quantitative estimate of drug-likeness (QED) is 0.723. The van der Waals surface area contributed by atoms with Crippen molar-refractivity contribution in [3.05, 3.63) is 59.8 Å². The summed E-state index contributed by atoms with van der Waals surface area (Å²) in [5.74, 6) is -0.539. The van der Waals surface area contributed by atoms with Gasteiger partial charge in [0.1, 0.15) is 12.4 Å². The number of hydrogen-bond donors (Lipinski definition) is 2. The Morgan fingerprint density at radius 3 is 2.50 bits per heavy atom. The van der Waals surface area contributed by atoms with Gasteiger partial charge in [-0.3, -0.25) is 0 Å². The first-order chi connectivity index (χ1) is 12.4. The van der Waals surface area contributed by atoms with E-state index in [9.17, 15) is 18.3 Å². The summed E-state index contributed by atoms with van der Waals surface area (Å²) in [5.41, 5.74) is 2.19. The molecule has 0 amide bonds. The molecule has 132 valence electrons. The topological polar surface area (TPSA) is 125 Å². The second-order valence-electron chi connectivity index (χ2n) is 5.72. The number of aromatic carboxylic acids is 1. The number of carbonyl (C=O) groups is 1. The highest BCUT2D eigenvalue weighted by atomic mass is 32.2. The van der Waals surface area contributed by atoms with E-state index in [1.54, 1.807) is 6.07 Å². The second kappa shape index (κ2) is 5.68. The number of ether oxygens (including phenoxy) is 1. The molecule has 3 aromatic rings. The fourth-order valence-electron chi connectivity index (χ4n) is 2.94. The number of fused-ring (bicyclic) bond motifs is 3. The Kier molecular flexibility index (Phi) is 3.56. The zero-order valence-electron chi connectivity index (χ0n) is 13.3. The van der Waals surface area contributed by atoms with Gasteiger partial charge in [0.2, 0.25) is 10.0 Å². The van der Waals surface area contributed by atoms with Gasteiger partial charge in [-0.25, -0.2) is 23.0 Å². The first-order valence-corrected chi connectivity index (χ1v) is 9.11. The SMILES string of the molecule is NS(=O)(=O)c1ccc(-n2nc(C(=O)O)c3c2-c2ccccc2OC3)cc1. The predicted octanol–water partition coefficient (Wildman–Crippen LogP) is 1.78. The summed E-state index contributed by atoms with van der Waals surface area (Å²) in [7, 11) is -3.82. The molecule has 0 saturated heterocycles. The third-order valence-corrected chi connectivity index (χ3v) is 5.04. The standard InChI is InChI=1S/C17H13N3O5S/c18-26(23,24)11-7-5-10(6-8-11)20-16-12-3-1-2-4-14(12)25-9-13(16)15(19-20)17(21)22/h1-8H,9H2,(H,21,22)(H2,18,23,24). The Balaban J connectivity index is 1.95. The molecular weight excluding hydrogens is 358 g/mol. The van der Waals surface area contributed by atoms with Crippen LogP contribution in [0.2, 0.25) is 0 Å². The number of hydrogen-bond acceptors (Lipinski definition) is 5. The summed E-state index contributed by atoms with van der Waals surface area (Å²) >= 11 is 0. The summed E-state index contributed by atoms with van der Waals surface area (Å²) in [5, 5.41) is 18.8. The third kappa shape index (κ3) is 2.54. The van der Waals surface area contributed by atoms with Crippen molar-refractivity contribution in [1.29, 1.82) is 0 Å². The van der Waals surface area contributed by atoms with Crippen molar-refractivity contribution < 1.29 is 23.1 Å². The van der Waals surface area contributed by atoms with Crippen LogP contribution in [0.25, 0.3) is 16.9 Å². The van der Waals surface area contributed by atoms with Crippen LogP contribution < -0.4 is 9.88 Å². The number of nitrogens with two attached hydrogens (primary N) is 1. The molecule has 0 atom stereocenters. The first kappa shape index (κ1) is 16.3. The Morgan fingerprint density at radius 2 is 1.85 bits per heavy atom. The van der Waals surface area contributed by atoms with Gasteiger partial charge < -0.3 is 9.84 Å². The zero-order chi connectivity index (χ0) is 18.5. The monoisotopic (exact) mass is 371 g/mol. The Bertz CT molecular complexity index is 1130. The van der Waals surface area contributed by atoms with Gasteiger partial charge in [-0.05, 0) is 36.4 Å². The van der Waals surface area contributed by atoms with Crippen molar-refractivity contribution in [2.75, 3.05) is 0 Å². The zero-order valence-corrected chi connectivity index (χ0v) is 14.1. The molecule has 0 aliphatic carbocycles. The van der Waals surface area contributed by atoms with Crippen LogP contribution in [-0.2, 0) is 16.6 Å². The van der Waals surface area contributed by atoms with Crippen LogP contribution in [0.15, 0.2) is 53.4 Å². The van der Waals surface area contributed by atoms with Crippen molar-refractivity contribution in [2.45, 2.75) is 11.5 Å². The lowest BCUT2D eigenvalue weighted by atomic mass is 10.0. The number of para-hydroxylation sites is 1. The van der Waals surface area contributed by atoms with Crippen molar-refractivity contribution in [1.82, 2.24) is 9.78 Å². The highest BCUT2D eigenvalue weighted by Crippen LogP contribution is 2.39. The lowest BCUT2D eigenvalue weighted by molar-refractivity contribution is 0.0687. The van der Waals surface area contributed by atoms with Crippen LogP contribution in [0.5, 0.6) is 5.75 Å². The maximum Gasteiger partial charge on any atom is 0.356 e. The lowest BCUT2D eigenvalue weighted by Gasteiger charge is -2.19. The van der Waals surface area contributed by atoms with E-state index in [2.05, 4.69) is 5.10 Å². The molecule has 0 radical (unpaired) electrons. The number of aromatic nitrogens is 2. The van der Waals surface area contributed by atoms with Crippen molar-refractivity contribution in [2.24, 2.45) is 5.14 Å². The van der Waals surface area contributed by atoms with Crippen LogP contribution in [0.4, 0.5) is 0 Å². The third-order valence-electron chi connectivity index (χ3n) is 4.11.